The van der Waals surface area contributed by atoms with Gasteiger partial charge in [0.25, 0.3) is 0 Å². The Morgan fingerprint density at radius 1 is 0.944 bits per heavy atom. The summed E-state index contributed by atoms with van der Waals surface area (Å²) in [6, 6.07) is 0. The number of carbonyl (C=O) groups is 1. The van der Waals surface area contributed by atoms with Crippen LogP contribution in [0.4, 0.5) is 0 Å². The molecule has 0 aromatic heterocycles. The summed E-state index contributed by atoms with van der Waals surface area (Å²) in [5.41, 5.74) is -0.460. The van der Waals surface area contributed by atoms with Gasteiger partial charge in [-0.15, -0.1) is 0 Å². The van der Waals surface area contributed by atoms with E-state index in [1.54, 1.807) is 0 Å². The molecule has 0 heterocycles. The molecule has 1 N–H and O–H groups in total. The monoisotopic (exact) mass is 256 g/mol. The van der Waals surface area contributed by atoms with E-state index in [0.29, 0.717) is 5.92 Å². The highest BCUT2D eigenvalue weighted by Crippen LogP contribution is 2.39. The molecule has 0 atom stereocenters. The first-order valence-corrected chi connectivity index (χ1v) is 7.79. The smallest absolute Gasteiger partial charge is 0.309 e. The van der Waals surface area contributed by atoms with Gasteiger partial charge >= 0.3 is 5.97 Å². The summed E-state index contributed by atoms with van der Waals surface area (Å²) < 4.78 is 0. The first kappa shape index (κ1) is 17.5. The minimum atomic E-state index is -0.566. The summed E-state index contributed by atoms with van der Waals surface area (Å²) in [7, 11) is 0. The van der Waals surface area contributed by atoms with E-state index in [-0.39, 0.29) is 0 Å². The number of carboxylic acids is 1. The van der Waals surface area contributed by atoms with Gasteiger partial charge in [-0.1, -0.05) is 66.2 Å². The van der Waals surface area contributed by atoms with Crippen molar-refractivity contribution in [2.24, 2.45) is 11.3 Å². The predicted molar refractivity (Wildman–Crippen MR) is 77.8 cm³/mol. The number of carboxylic acid groups (broad SMARTS) is 1. The Hall–Kier alpha value is -0.530. The Labute approximate surface area is 113 Å². The maximum absolute atomic E-state index is 11.7. The molecule has 0 aliphatic carbocycles. The molecular weight excluding hydrogens is 224 g/mol. The molecular formula is C16H32O2. The number of hydrogen-bond donors (Lipinski definition) is 1. The zero-order chi connectivity index (χ0) is 14.0. The van der Waals surface area contributed by atoms with Crippen molar-refractivity contribution in [2.45, 2.75) is 85.5 Å². The highest BCUT2D eigenvalue weighted by Gasteiger charge is 2.38. The molecule has 0 saturated heterocycles. The molecule has 0 rings (SSSR count). The lowest BCUT2D eigenvalue weighted by Gasteiger charge is -2.33. The Morgan fingerprint density at radius 2 is 1.39 bits per heavy atom. The summed E-state index contributed by atoms with van der Waals surface area (Å²) in [6.07, 6.45) is 9.17. The molecule has 0 unspecified atom stereocenters. The van der Waals surface area contributed by atoms with Crippen LogP contribution in [0.3, 0.4) is 0 Å². The molecule has 0 amide bonds. The summed E-state index contributed by atoms with van der Waals surface area (Å²) >= 11 is 0. The summed E-state index contributed by atoms with van der Waals surface area (Å²) in [5.74, 6) is 0.0256. The van der Waals surface area contributed by atoms with Crippen LogP contribution in [0.25, 0.3) is 0 Å². The van der Waals surface area contributed by atoms with Crippen molar-refractivity contribution in [3.05, 3.63) is 0 Å². The van der Waals surface area contributed by atoms with Crippen molar-refractivity contribution in [3.63, 3.8) is 0 Å². The van der Waals surface area contributed by atoms with E-state index < -0.39 is 11.4 Å². The molecule has 0 fully saturated rings. The summed E-state index contributed by atoms with van der Waals surface area (Å²) in [6.45, 7) is 8.60. The van der Waals surface area contributed by atoms with E-state index in [2.05, 4.69) is 27.7 Å². The van der Waals surface area contributed by atoms with Crippen molar-refractivity contribution in [1.82, 2.24) is 0 Å². The third-order valence-corrected chi connectivity index (χ3v) is 3.98. The molecule has 0 spiro atoms. The lowest BCUT2D eigenvalue weighted by molar-refractivity contribution is -0.151. The lowest BCUT2D eigenvalue weighted by Crippen LogP contribution is -2.33. The van der Waals surface area contributed by atoms with Crippen molar-refractivity contribution in [2.75, 3.05) is 0 Å². The van der Waals surface area contributed by atoms with Gasteiger partial charge in [-0.3, -0.25) is 4.79 Å². The van der Waals surface area contributed by atoms with Gasteiger partial charge in [-0.25, -0.2) is 0 Å². The molecule has 0 aromatic rings. The third kappa shape index (κ3) is 5.41. The Kier molecular flexibility index (Phi) is 9.13. The standard InChI is InChI=1S/C16H32O2/c1-5-9-14(10-6-2)13-16(11-7-3,12-8-4)15(17)18/h14H,5-13H2,1-4H3,(H,17,18). The highest BCUT2D eigenvalue weighted by molar-refractivity contribution is 5.74. The molecule has 0 saturated carbocycles. The van der Waals surface area contributed by atoms with Gasteiger partial charge in [0, 0.05) is 0 Å². The SMILES string of the molecule is CCCC(CCC)CC(CCC)(CCC)C(=O)O. The molecule has 0 bridgehead atoms. The van der Waals surface area contributed by atoms with E-state index in [0.717, 1.165) is 32.1 Å². The minimum absolute atomic E-state index is 0.460. The normalized spacial score (nSPS) is 12.1. The van der Waals surface area contributed by atoms with Gasteiger partial charge in [0.05, 0.1) is 5.41 Å². The zero-order valence-corrected chi connectivity index (χ0v) is 12.8. The van der Waals surface area contributed by atoms with E-state index >= 15 is 0 Å². The average molecular weight is 256 g/mol. The van der Waals surface area contributed by atoms with Crippen LogP contribution in [0.15, 0.2) is 0 Å². The molecule has 0 aromatic carbocycles. The van der Waals surface area contributed by atoms with Crippen LogP contribution >= 0.6 is 0 Å². The Morgan fingerprint density at radius 3 is 1.67 bits per heavy atom. The molecule has 18 heavy (non-hydrogen) atoms. The van der Waals surface area contributed by atoms with Crippen LogP contribution in [-0.2, 0) is 4.79 Å². The van der Waals surface area contributed by atoms with Gasteiger partial charge in [0.15, 0.2) is 0 Å². The van der Waals surface area contributed by atoms with Crippen LogP contribution in [0.2, 0.25) is 0 Å². The van der Waals surface area contributed by atoms with E-state index in [4.69, 9.17) is 0 Å². The summed E-state index contributed by atoms with van der Waals surface area (Å²) in [4.78, 5) is 11.7. The summed E-state index contributed by atoms with van der Waals surface area (Å²) in [5, 5.41) is 9.67. The number of hydrogen-bond acceptors (Lipinski definition) is 1. The first-order chi connectivity index (χ1) is 8.56. The fraction of sp³-hybridized carbons (Fsp3) is 0.938. The number of aliphatic carboxylic acids is 1. The zero-order valence-electron chi connectivity index (χ0n) is 12.8. The molecule has 2 nitrogen and oxygen atoms in total. The van der Waals surface area contributed by atoms with Crippen LogP contribution in [0, 0.1) is 11.3 Å². The van der Waals surface area contributed by atoms with E-state index in [1.807, 2.05) is 0 Å². The van der Waals surface area contributed by atoms with E-state index in [1.165, 1.54) is 25.7 Å². The van der Waals surface area contributed by atoms with Gasteiger partial charge < -0.3 is 5.11 Å². The van der Waals surface area contributed by atoms with Gasteiger partial charge in [0.1, 0.15) is 0 Å². The topological polar surface area (TPSA) is 37.3 Å². The van der Waals surface area contributed by atoms with Gasteiger partial charge in [-0.2, -0.15) is 0 Å². The van der Waals surface area contributed by atoms with Crippen molar-refractivity contribution >= 4 is 5.97 Å². The number of rotatable bonds is 11. The van der Waals surface area contributed by atoms with Crippen molar-refractivity contribution in [3.8, 4) is 0 Å². The highest BCUT2D eigenvalue weighted by atomic mass is 16.4. The second kappa shape index (κ2) is 9.41. The largest absolute Gasteiger partial charge is 0.481 e. The second-order valence-corrected chi connectivity index (χ2v) is 5.73. The Bertz CT molecular complexity index is 211. The fourth-order valence-electron chi connectivity index (χ4n) is 3.30. The third-order valence-electron chi connectivity index (χ3n) is 3.98. The minimum Gasteiger partial charge on any atom is -0.481 e. The molecule has 0 aliphatic heterocycles. The van der Waals surface area contributed by atoms with Crippen LogP contribution in [0.5, 0.6) is 0 Å². The maximum atomic E-state index is 11.7. The van der Waals surface area contributed by atoms with Crippen LogP contribution < -0.4 is 0 Å². The van der Waals surface area contributed by atoms with Crippen molar-refractivity contribution in [1.29, 1.82) is 0 Å². The van der Waals surface area contributed by atoms with Crippen LogP contribution in [0.1, 0.15) is 85.5 Å². The van der Waals surface area contributed by atoms with E-state index in [9.17, 15) is 9.90 Å². The molecule has 108 valence electrons. The molecule has 2 heteroatoms. The molecule has 0 radical (unpaired) electrons. The van der Waals surface area contributed by atoms with Crippen molar-refractivity contribution < 1.29 is 9.90 Å². The lowest BCUT2D eigenvalue weighted by atomic mass is 9.71. The quantitative estimate of drug-likeness (QED) is 0.547. The second-order valence-electron chi connectivity index (χ2n) is 5.73. The Balaban J connectivity index is 4.85. The van der Waals surface area contributed by atoms with Gasteiger partial charge in [-0.05, 0) is 25.2 Å². The molecule has 0 aliphatic rings. The average Bonchev–Trinajstić information content (AvgIpc) is 2.30. The fourth-order valence-corrected chi connectivity index (χ4v) is 3.30. The predicted octanol–water partition coefficient (Wildman–Crippen LogP) is 5.26. The van der Waals surface area contributed by atoms with Gasteiger partial charge in [0.2, 0.25) is 0 Å². The van der Waals surface area contributed by atoms with Crippen LogP contribution in [-0.4, -0.2) is 11.1 Å². The maximum Gasteiger partial charge on any atom is 0.309 e. The first-order valence-electron chi connectivity index (χ1n) is 7.79.